The van der Waals surface area contributed by atoms with Crippen LogP contribution in [0.1, 0.15) is 132 Å². The minimum atomic E-state index is -2.38. The van der Waals surface area contributed by atoms with Crippen LogP contribution in [0.5, 0.6) is 0 Å². The minimum Gasteiger partial charge on any atom is -0.460 e. The van der Waals surface area contributed by atoms with Crippen molar-refractivity contribution in [2.75, 3.05) is 20.8 Å². The molecular weight excluding hydrogens is 819 g/mol. The largest absolute Gasteiger partial charge is 0.460 e. The first-order valence-electron chi connectivity index (χ1n) is 23.9. The Kier molecular flexibility index (Phi) is 20.4. The number of esters is 1. The van der Waals surface area contributed by atoms with E-state index in [4.69, 9.17) is 18.9 Å². The Hall–Kier alpha value is -3.33. The van der Waals surface area contributed by atoms with Crippen LogP contribution in [0.2, 0.25) is 0 Å². The lowest BCUT2D eigenvalue weighted by molar-refractivity contribution is -0.262. The van der Waals surface area contributed by atoms with Gasteiger partial charge in [0, 0.05) is 44.9 Å². The topological polar surface area (TPSA) is 186 Å². The molecule has 3 fully saturated rings. The van der Waals surface area contributed by atoms with Gasteiger partial charge in [0.05, 0.1) is 18.3 Å². The van der Waals surface area contributed by atoms with Crippen LogP contribution in [0.3, 0.4) is 0 Å². The fourth-order valence-electron chi connectivity index (χ4n) is 9.90. The average Bonchev–Trinajstić information content (AvgIpc) is 3.27. The van der Waals surface area contributed by atoms with Crippen molar-refractivity contribution in [2.45, 2.75) is 181 Å². The van der Waals surface area contributed by atoms with Crippen LogP contribution >= 0.6 is 0 Å². The Morgan fingerprint density at radius 2 is 1.61 bits per heavy atom. The zero-order valence-corrected chi connectivity index (χ0v) is 40.2. The number of piperidine rings is 1. The molecule has 13 heteroatoms. The fourth-order valence-corrected chi connectivity index (χ4v) is 9.90. The van der Waals surface area contributed by atoms with Crippen LogP contribution in [0.4, 0.5) is 0 Å². The number of ether oxygens (including phenoxy) is 4. The molecule has 0 aromatic carbocycles. The molecule has 2 bridgehead atoms. The van der Waals surface area contributed by atoms with Gasteiger partial charge in [-0.25, -0.2) is 4.79 Å². The zero-order chi connectivity index (χ0) is 47.5. The van der Waals surface area contributed by atoms with Crippen LogP contribution in [-0.2, 0) is 42.9 Å². The second-order valence-electron chi connectivity index (χ2n) is 19.7. The van der Waals surface area contributed by atoms with Gasteiger partial charge in [-0.05, 0) is 114 Å². The molecule has 0 spiro atoms. The first kappa shape index (κ1) is 53.3. The van der Waals surface area contributed by atoms with E-state index in [9.17, 15) is 39.3 Å². The maximum Gasteiger partial charge on any atom is 0.329 e. The third kappa shape index (κ3) is 14.1. The van der Waals surface area contributed by atoms with Crippen LogP contribution in [0.25, 0.3) is 0 Å². The Labute approximate surface area is 382 Å². The summed E-state index contributed by atoms with van der Waals surface area (Å²) in [6, 6.07) is -1.12. The highest BCUT2D eigenvalue weighted by Crippen LogP contribution is 2.37. The van der Waals surface area contributed by atoms with Gasteiger partial charge in [-0.1, -0.05) is 83.6 Å². The van der Waals surface area contributed by atoms with Crippen molar-refractivity contribution in [1.82, 2.24) is 4.90 Å². The van der Waals surface area contributed by atoms with Crippen molar-refractivity contribution in [3.63, 3.8) is 0 Å². The number of amides is 1. The standard InChI is InChI=1S/C51H79NO12/c1-30-14-15-31(2)18-21-39-22-19-37(8)51(60,64-39)48(57)49(58)52-24-12-11-13-40(52)50(59)63-43(34(5)27-38-20-23-41(53)44(28-38)61-9)29-42(54)33(4)26-36(7)46(56)47(62-10)45(55)35(6)25-32(3)17-16-30/h14-18,26,30,32-35,37-41,43-44,46-47,53,56,60H,11-13,19-25,27-29H2,1-10H3/b15-14?,17-16+,31-18+,36-26+/t30?,32-,33-,34-,35-,37-,38?,39?,40?,41+,43+,44-,46-,47+,51-/m1/s1. The van der Waals surface area contributed by atoms with Gasteiger partial charge < -0.3 is 39.2 Å². The molecule has 0 aromatic rings. The van der Waals surface area contributed by atoms with E-state index >= 15 is 0 Å². The molecule has 3 heterocycles. The third-order valence-electron chi connectivity index (χ3n) is 14.3. The molecule has 4 rings (SSSR count). The quantitative estimate of drug-likeness (QED) is 0.149. The number of ketones is 3. The molecule has 1 amide bonds. The van der Waals surface area contributed by atoms with Crippen LogP contribution in [0.15, 0.2) is 47.6 Å². The van der Waals surface area contributed by atoms with Gasteiger partial charge in [-0.3, -0.25) is 19.2 Å². The number of Topliss-reactive ketones (excluding diaryl/α,β-unsaturated/α-hetero) is 3. The minimum absolute atomic E-state index is 0.0573. The molecule has 4 unspecified atom stereocenters. The lowest BCUT2D eigenvalue weighted by Crippen LogP contribution is -2.60. The van der Waals surface area contributed by atoms with E-state index in [-0.39, 0.29) is 60.7 Å². The van der Waals surface area contributed by atoms with Gasteiger partial charge in [-0.2, -0.15) is 0 Å². The SMILES string of the molecule is CO[C@@H]1CC(C[C@@H](C)[C@@H]2CC(=O)[C@H](C)/C=C(\C)[C@@H](O)[C@@H](OC)C(=O)[C@H](C)C[C@H](C)/C=C/C(C)C=C/C(C)=C/CC3CC[C@@H](C)[C@@](O)(O3)C(=O)C(=O)N3CCCCC3C(=O)O2)CC[C@@H]1O. The number of allylic oxidation sites excluding steroid dienone is 6. The molecule has 0 radical (unpaired) electrons. The summed E-state index contributed by atoms with van der Waals surface area (Å²) in [6.45, 7) is 15.0. The molecule has 360 valence electrons. The molecule has 15 atom stereocenters. The second-order valence-corrected chi connectivity index (χ2v) is 19.7. The van der Waals surface area contributed by atoms with E-state index in [1.165, 1.54) is 12.0 Å². The van der Waals surface area contributed by atoms with Gasteiger partial charge in [0.2, 0.25) is 5.79 Å². The molecular formula is C51H79NO12. The van der Waals surface area contributed by atoms with Crippen molar-refractivity contribution in [1.29, 1.82) is 0 Å². The van der Waals surface area contributed by atoms with Crippen LogP contribution in [-0.4, -0.2) is 119 Å². The molecule has 1 aliphatic carbocycles. The predicted molar refractivity (Wildman–Crippen MR) is 244 cm³/mol. The van der Waals surface area contributed by atoms with E-state index in [1.54, 1.807) is 34.0 Å². The Balaban J connectivity index is 1.69. The van der Waals surface area contributed by atoms with Crippen molar-refractivity contribution in [2.24, 2.45) is 41.4 Å². The molecule has 2 saturated heterocycles. The Bertz CT molecular complexity index is 1740. The fraction of sp³-hybridized carbons (Fsp3) is 0.745. The summed E-state index contributed by atoms with van der Waals surface area (Å²) in [5.41, 5.74) is 1.36. The van der Waals surface area contributed by atoms with Crippen LogP contribution in [0, 0.1) is 41.4 Å². The highest BCUT2D eigenvalue weighted by atomic mass is 16.6. The summed E-state index contributed by atoms with van der Waals surface area (Å²) in [5.74, 6) is -7.61. The smallest absolute Gasteiger partial charge is 0.329 e. The average molecular weight is 898 g/mol. The summed E-state index contributed by atoms with van der Waals surface area (Å²) in [6.07, 6.45) is 12.7. The lowest BCUT2D eigenvalue weighted by atomic mass is 9.78. The Morgan fingerprint density at radius 1 is 0.891 bits per heavy atom. The number of hydrogen-bond acceptors (Lipinski definition) is 12. The number of hydrogen-bond donors (Lipinski definition) is 3. The van der Waals surface area contributed by atoms with Crippen molar-refractivity contribution >= 4 is 29.2 Å². The number of cyclic esters (lactones) is 1. The highest BCUT2D eigenvalue weighted by molar-refractivity contribution is 6.39. The number of carbonyl (C=O) groups excluding carboxylic acids is 5. The second kappa shape index (κ2) is 24.4. The van der Waals surface area contributed by atoms with Crippen molar-refractivity contribution in [3.8, 4) is 0 Å². The van der Waals surface area contributed by atoms with E-state index < -0.39 is 77.8 Å². The van der Waals surface area contributed by atoms with Gasteiger partial charge in [-0.15, -0.1) is 0 Å². The summed E-state index contributed by atoms with van der Waals surface area (Å²) in [4.78, 5) is 71.6. The normalized spacial score (nSPS) is 40.4. The van der Waals surface area contributed by atoms with Gasteiger partial charge in [0.15, 0.2) is 5.78 Å². The lowest BCUT2D eigenvalue weighted by Gasteiger charge is -2.42. The van der Waals surface area contributed by atoms with E-state index in [1.807, 2.05) is 39.8 Å². The number of fused-ring (bicyclic) bond motifs is 3. The molecule has 3 N–H and O–H groups in total. The number of aliphatic hydroxyl groups excluding tert-OH is 2. The molecule has 64 heavy (non-hydrogen) atoms. The van der Waals surface area contributed by atoms with E-state index in [0.29, 0.717) is 63.4 Å². The van der Waals surface area contributed by atoms with E-state index in [0.717, 1.165) is 12.0 Å². The van der Waals surface area contributed by atoms with Crippen LogP contribution < -0.4 is 0 Å². The van der Waals surface area contributed by atoms with Gasteiger partial charge in [0.25, 0.3) is 11.7 Å². The van der Waals surface area contributed by atoms with Gasteiger partial charge in [0.1, 0.15) is 30.1 Å². The summed E-state index contributed by atoms with van der Waals surface area (Å²) >= 11 is 0. The summed E-state index contributed by atoms with van der Waals surface area (Å²) in [7, 11) is 2.96. The van der Waals surface area contributed by atoms with Gasteiger partial charge >= 0.3 is 5.97 Å². The monoisotopic (exact) mass is 898 g/mol. The predicted octanol–water partition coefficient (Wildman–Crippen LogP) is 6.80. The van der Waals surface area contributed by atoms with Crippen molar-refractivity contribution < 1.29 is 58.2 Å². The highest BCUT2D eigenvalue weighted by Gasteiger charge is 2.52. The molecule has 3 aliphatic heterocycles. The number of rotatable bonds is 5. The maximum absolute atomic E-state index is 14.3. The first-order valence-corrected chi connectivity index (χ1v) is 23.9. The summed E-state index contributed by atoms with van der Waals surface area (Å²) < 4.78 is 23.5. The first-order chi connectivity index (χ1) is 30.2. The number of aliphatic hydroxyl groups is 3. The number of carbonyl (C=O) groups is 5. The molecule has 0 aromatic heterocycles. The van der Waals surface area contributed by atoms with E-state index in [2.05, 4.69) is 25.2 Å². The summed E-state index contributed by atoms with van der Waals surface area (Å²) in [5, 5.41) is 33.7. The third-order valence-corrected chi connectivity index (χ3v) is 14.3. The number of nitrogens with zero attached hydrogens (tertiary/aromatic N) is 1. The molecule has 4 aliphatic rings. The number of methoxy groups -OCH3 is 2. The molecule has 13 nitrogen and oxygen atoms in total. The Morgan fingerprint density at radius 3 is 2.30 bits per heavy atom. The maximum atomic E-state index is 14.3. The van der Waals surface area contributed by atoms with Crippen molar-refractivity contribution in [3.05, 3.63) is 47.6 Å². The molecule has 1 saturated carbocycles. The zero-order valence-electron chi connectivity index (χ0n) is 40.2.